The van der Waals surface area contributed by atoms with Gasteiger partial charge in [0.2, 0.25) is 0 Å². The lowest BCUT2D eigenvalue weighted by Gasteiger charge is -2.17. The van der Waals surface area contributed by atoms with Crippen molar-refractivity contribution in [2.24, 2.45) is 0 Å². The number of nitriles is 1. The number of alkyl halides is 3. The predicted octanol–water partition coefficient (Wildman–Crippen LogP) is 5.11. The van der Waals surface area contributed by atoms with E-state index in [-0.39, 0.29) is 0 Å². The average molecular weight is 277 g/mol. The molecule has 0 aliphatic heterocycles. The molecule has 20 heavy (non-hydrogen) atoms. The van der Waals surface area contributed by atoms with Gasteiger partial charge >= 0.3 is 6.18 Å². The van der Waals surface area contributed by atoms with Crippen molar-refractivity contribution in [3.05, 3.63) is 52.6 Å². The molecular formula is C16H14F3N. The van der Waals surface area contributed by atoms with Crippen molar-refractivity contribution in [3.63, 3.8) is 0 Å². The second-order valence-corrected chi connectivity index (χ2v) is 4.86. The van der Waals surface area contributed by atoms with Gasteiger partial charge in [-0.25, -0.2) is 0 Å². The second kappa shape index (κ2) is 5.54. The SMILES string of the molecule is C/C(C#N)=C1/C=C(c2ccc(C(F)(F)F)cc2)CCC1. The minimum Gasteiger partial charge on any atom is -0.193 e. The van der Waals surface area contributed by atoms with E-state index in [2.05, 4.69) is 6.07 Å². The van der Waals surface area contributed by atoms with E-state index in [0.717, 1.165) is 48.1 Å². The quantitative estimate of drug-likeness (QED) is 0.654. The number of rotatable bonds is 1. The molecule has 0 bridgehead atoms. The summed E-state index contributed by atoms with van der Waals surface area (Å²) in [5.74, 6) is 0. The Kier molecular flexibility index (Phi) is 3.99. The molecule has 1 aromatic rings. The fourth-order valence-corrected chi connectivity index (χ4v) is 2.29. The van der Waals surface area contributed by atoms with Crippen LogP contribution in [0.5, 0.6) is 0 Å². The predicted molar refractivity (Wildman–Crippen MR) is 71.6 cm³/mol. The van der Waals surface area contributed by atoms with Crippen molar-refractivity contribution in [2.75, 3.05) is 0 Å². The Morgan fingerprint density at radius 1 is 1.15 bits per heavy atom. The summed E-state index contributed by atoms with van der Waals surface area (Å²) in [6.07, 6.45) is 0.227. The maximum absolute atomic E-state index is 12.5. The number of benzene rings is 1. The fourth-order valence-electron chi connectivity index (χ4n) is 2.29. The van der Waals surface area contributed by atoms with Crippen molar-refractivity contribution in [3.8, 4) is 6.07 Å². The van der Waals surface area contributed by atoms with Crippen molar-refractivity contribution in [2.45, 2.75) is 32.4 Å². The molecule has 2 rings (SSSR count). The molecule has 1 aliphatic carbocycles. The van der Waals surface area contributed by atoms with Gasteiger partial charge in [0.25, 0.3) is 0 Å². The first-order valence-electron chi connectivity index (χ1n) is 6.40. The van der Waals surface area contributed by atoms with Crippen LogP contribution in [0.15, 0.2) is 41.5 Å². The molecule has 0 spiro atoms. The molecule has 0 saturated heterocycles. The van der Waals surface area contributed by atoms with E-state index in [1.165, 1.54) is 12.1 Å². The molecule has 0 heterocycles. The highest BCUT2D eigenvalue weighted by Gasteiger charge is 2.30. The lowest BCUT2D eigenvalue weighted by atomic mass is 9.88. The largest absolute Gasteiger partial charge is 0.416 e. The first kappa shape index (κ1) is 14.4. The summed E-state index contributed by atoms with van der Waals surface area (Å²) >= 11 is 0. The van der Waals surface area contributed by atoms with E-state index < -0.39 is 11.7 Å². The Hall–Kier alpha value is -2.02. The van der Waals surface area contributed by atoms with Gasteiger partial charge in [0.05, 0.1) is 11.6 Å². The van der Waals surface area contributed by atoms with Gasteiger partial charge in [-0.1, -0.05) is 18.2 Å². The van der Waals surface area contributed by atoms with Crippen LogP contribution in [0.25, 0.3) is 5.57 Å². The van der Waals surface area contributed by atoms with Gasteiger partial charge in [-0.05, 0) is 55.0 Å². The van der Waals surface area contributed by atoms with Crippen LogP contribution in [0.2, 0.25) is 0 Å². The maximum Gasteiger partial charge on any atom is 0.416 e. The van der Waals surface area contributed by atoms with E-state index >= 15 is 0 Å². The minimum absolute atomic E-state index is 0.637. The smallest absolute Gasteiger partial charge is 0.193 e. The van der Waals surface area contributed by atoms with Crippen molar-refractivity contribution >= 4 is 5.57 Å². The van der Waals surface area contributed by atoms with Gasteiger partial charge in [-0.15, -0.1) is 0 Å². The Bertz CT molecular complexity index is 598. The van der Waals surface area contributed by atoms with E-state index in [4.69, 9.17) is 5.26 Å². The van der Waals surface area contributed by atoms with Crippen molar-refractivity contribution in [1.82, 2.24) is 0 Å². The van der Waals surface area contributed by atoms with Crippen LogP contribution in [0, 0.1) is 11.3 Å². The van der Waals surface area contributed by atoms with Gasteiger partial charge in [-0.2, -0.15) is 18.4 Å². The van der Waals surface area contributed by atoms with Gasteiger partial charge in [0.1, 0.15) is 0 Å². The lowest BCUT2D eigenvalue weighted by molar-refractivity contribution is -0.137. The number of hydrogen-bond acceptors (Lipinski definition) is 1. The van der Waals surface area contributed by atoms with E-state index in [9.17, 15) is 13.2 Å². The van der Waals surface area contributed by atoms with Crippen LogP contribution in [-0.2, 0) is 6.18 Å². The van der Waals surface area contributed by atoms with E-state index in [1.54, 1.807) is 6.92 Å². The molecule has 1 aliphatic rings. The van der Waals surface area contributed by atoms with Crippen LogP contribution in [-0.4, -0.2) is 0 Å². The Morgan fingerprint density at radius 2 is 1.80 bits per heavy atom. The highest BCUT2D eigenvalue weighted by Crippen LogP contribution is 2.33. The van der Waals surface area contributed by atoms with Crippen molar-refractivity contribution in [1.29, 1.82) is 5.26 Å². The number of hydrogen-bond donors (Lipinski definition) is 0. The molecule has 0 aromatic heterocycles. The van der Waals surface area contributed by atoms with Crippen molar-refractivity contribution < 1.29 is 13.2 Å². The molecule has 1 aromatic carbocycles. The summed E-state index contributed by atoms with van der Waals surface area (Å²) in [5, 5.41) is 8.91. The first-order valence-corrected chi connectivity index (χ1v) is 6.40. The Morgan fingerprint density at radius 3 is 2.35 bits per heavy atom. The highest BCUT2D eigenvalue weighted by molar-refractivity contribution is 5.70. The van der Waals surface area contributed by atoms with Gasteiger partial charge in [-0.3, -0.25) is 0 Å². The third-order valence-electron chi connectivity index (χ3n) is 3.47. The highest BCUT2D eigenvalue weighted by atomic mass is 19.4. The summed E-state index contributed by atoms with van der Waals surface area (Å²) in [7, 11) is 0. The molecule has 0 N–H and O–H groups in total. The molecule has 0 fully saturated rings. The fraction of sp³-hybridized carbons (Fsp3) is 0.312. The Labute approximate surface area is 116 Å². The second-order valence-electron chi connectivity index (χ2n) is 4.86. The summed E-state index contributed by atoms with van der Waals surface area (Å²) in [4.78, 5) is 0. The molecule has 0 unspecified atom stereocenters. The summed E-state index contributed by atoms with van der Waals surface area (Å²) in [6.45, 7) is 1.77. The van der Waals surface area contributed by atoms with Crippen LogP contribution in [0.4, 0.5) is 13.2 Å². The van der Waals surface area contributed by atoms with Crippen LogP contribution >= 0.6 is 0 Å². The molecule has 0 saturated carbocycles. The molecule has 0 radical (unpaired) electrons. The molecule has 4 heteroatoms. The molecule has 1 nitrogen and oxygen atoms in total. The molecule has 0 amide bonds. The first-order chi connectivity index (χ1) is 9.41. The zero-order valence-electron chi connectivity index (χ0n) is 11.1. The lowest BCUT2D eigenvalue weighted by Crippen LogP contribution is -2.04. The third-order valence-corrected chi connectivity index (χ3v) is 3.47. The van der Waals surface area contributed by atoms with Gasteiger partial charge in [0.15, 0.2) is 0 Å². The topological polar surface area (TPSA) is 23.8 Å². The van der Waals surface area contributed by atoms with Crippen LogP contribution in [0.3, 0.4) is 0 Å². The summed E-state index contributed by atoms with van der Waals surface area (Å²) in [5.41, 5.74) is 2.81. The monoisotopic (exact) mass is 277 g/mol. The molecule has 104 valence electrons. The number of nitrogens with zero attached hydrogens (tertiary/aromatic N) is 1. The summed E-state index contributed by atoms with van der Waals surface area (Å²) in [6, 6.07) is 7.33. The van der Waals surface area contributed by atoms with E-state index in [0.29, 0.717) is 5.57 Å². The zero-order chi connectivity index (χ0) is 14.8. The van der Waals surface area contributed by atoms with E-state index in [1.807, 2.05) is 6.08 Å². The minimum atomic E-state index is -4.30. The number of allylic oxidation sites excluding steroid dienone is 4. The van der Waals surface area contributed by atoms with Gasteiger partial charge in [0, 0.05) is 5.57 Å². The molecular weight excluding hydrogens is 263 g/mol. The zero-order valence-corrected chi connectivity index (χ0v) is 11.1. The third kappa shape index (κ3) is 3.11. The number of halogens is 3. The normalized spacial score (nSPS) is 18.2. The average Bonchev–Trinajstić information content (AvgIpc) is 2.46. The summed E-state index contributed by atoms with van der Waals surface area (Å²) < 4.78 is 37.6. The maximum atomic E-state index is 12.5. The van der Waals surface area contributed by atoms with Gasteiger partial charge < -0.3 is 0 Å². The Balaban J connectivity index is 2.33. The molecule has 0 atom stereocenters. The standard InChI is InChI=1S/C16H14F3N/c1-11(10-20)13-3-2-4-14(9-13)12-5-7-15(8-6-12)16(17,18)19/h5-9H,2-4H2,1H3/b13-11-. The van der Waals surface area contributed by atoms with Crippen LogP contribution < -0.4 is 0 Å². The van der Waals surface area contributed by atoms with Crippen LogP contribution in [0.1, 0.15) is 37.3 Å².